The maximum Gasteiger partial charge on any atom is 0.289 e. The van der Waals surface area contributed by atoms with Gasteiger partial charge in [-0.25, -0.2) is 0 Å². The van der Waals surface area contributed by atoms with Crippen molar-refractivity contribution in [2.24, 2.45) is 0 Å². The van der Waals surface area contributed by atoms with E-state index in [-0.39, 0.29) is 24.5 Å². The predicted molar refractivity (Wildman–Crippen MR) is 130 cm³/mol. The minimum absolute atomic E-state index is 0.0313. The van der Waals surface area contributed by atoms with Gasteiger partial charge in [0.2, 0.25) is 11.9 Å². The molecule has 4 N–H and O–H groups in total. The van der Waals surface area contributed by atoms with E-state index in [1.165, 1.54) is 0 Å². The third-order valence-electron chi connectivity index (χ3n) is 4.66. The van der Waals surface area contributed by atoms with Gasteiger partial charge in [-0.05, 0) is 55.5 Å². The highest BCUT2D eigenvalue weighted by atomic mass is 16.5. The van der Waals surface area contributed by atoms with E-state index in [9.17, 15) is 0 Å². The van der Waals surface area contributed by atoms with E-state index < -0.39 is 0 Å². The molecule has 0 radical (unpaired) electrons. The van der Waals surface area contributed by atoms with Gasteiger partial charge in [-0.2, -0.15) is 15.0 Å². The lowest BCUT2D eigenvalue weighted by Crippen LogP contribution is -2.32. The first-order chi connectivity index (χ1) is 16.6. The number of ether oxygens (including phenoxy) is 2. The molecule has 0 bridgehead atoms. The Morgan fingerprint density at radius 3 is 2.35 bits per heavy atom. The first kappa shape index (κ1) is 22.5. The van der Waals surface area contributed by atoms with E-state index in [0.717, 1.165) is 17.1 Å². The summed E-state index contributed by atoms with van der Waals surface area (Å²) in [5, 5.41) is 11.4. The number of nitrogens with one attached hydrogen (secondary N) is 2. The summed E-state index contributed by atoms with van der Waals surface area (Å²) in [4.78, 5) is 18.3. The Labute approximate surface area is 197 Å². The van der Waals surface area contributed by atoms with Crippen molar-refractivity contribution in [3.63, 3.8) is 0 Å². The Balaban J connectivity index is 1.38. The molecule has 0 saturated carbocycles. The molecule has 0 aliphatic rings. The molecular weight excluding hydrogens is 432 g/mol. The van der Waals surface area contributed by atoms with Gasteiger partial charge in [0.15, 0.2) is 12.4 Å². The fourth-order valence-electron chi connectivity index (χ4n) is 3.10. The number of hydrogen-bond acceptors (Lipinski definition) is 9. The van der Waals surface area contributed by atoms with Gasteiger partial charge >= 0.3 is 0 Å². The number of pyridine rings is 1. The summed E-state index contributed by atoms with van der Waals surface area (Å²) < 4.78 is 11.4. The minimum atomic E-state index is -0.0360. The van der Waals surface area contributed by atoms with Crippen molar-refractivity contribution in [1.82, 2.24) is 19.9 Å². The Bertz CT molecular complexity index is 1220. The van der Waals surface area contributed by atoms with E-state index in [0.29, 0.717) is 18.1 Å². The number of para-hydroxylation sites is 1. The molecule has 0 atom stereocenters. The van der Waals surface area contributed by atoms with Gasteiger partial charge in [-0.3, -0.25) is 15.3 Å². The number of anilines is 4. The van der Waals surface area contributed by atoms with Crippen LogP contribution in [0.25, 0.3) is 0 Å². The molecule has 4 rings (SSSR count). The standard InChI is InChI=1S/C24H24N8O2/c1-2-32(18-12-14-27-15-13-18)23(26)33-16-21-29-22(25)31-24(30-21)28-17-8-10-20(11-9-17)34-19-6-4-3-5-7-19/h3-15,26H,2,16H2,1H3,(H3,25,28,29,30,31). The quantitative estimate of drug-likeness (QED) is 0.261. The van der Waals surface area contributed by atoms with Gasteiger partial charge in [-0.1, -0.05) is 18.2 Å². The van der Waals surface area contributed by atoms with Gasteiger partial charge in [-0.15, -0.1) is 0 Å². The minimum Gasteiger partial charge on any atom is -0.457 e. The average Bonchev–Trinajstić information content (AvgIpc) is 2.85. The normalized spacial score (nSPS) is 10.4. The molecule has 172 valence electrons. The lowest BCUT2D eigenvalue weighted by molar-refractivity contribution is 0.271. The molecule has 2 aromatic carbocycles. The molecular formula is C24H24N8O2. The number of aromatic nitrogens is 4. The predicted octanol–water partition coefficient (Wildman–Crippen LogP) is 4.36. The van der Waals surface area contributed by atoms with Crippen LogP contribution in [0.3, 0.4) is 0 Å². The first-order valence-electron chi connectivity index (χ1n) is 10.6. The fourth-order valence-corrected chi connectivity index (χ4v) is 3.10. The van der Waals surface area contributed by atoms with Crippen LogP contribution in [0.1, 0.15) is 12.7 Å². The lowest BCUT2D eigenvalue weighted by Gasteiger charge is -2.22. The summed E-state index contributed by atoms with van der Waals surface area (Å²) in [5.41, 5.74) is 7.41. The molecule has 0 fully saturated rings. The monoisotopic (exact) mass is 456 g/mol. The molecule has 0 saturated heterocycles. The summed E-state index contributed by atoms with van der Waals surface area (Å²) in [7, 11) is 0. The van der Waals surface area contributed by atoms with Crippen LogP contribution in [0.5, 0.6) is 11.5 Å². The van der Waals surface area contributed by atoms with Gasteiger partial charge < -0.3 is 20.5 Å². The summed E-state index contributed by atoms with van der Waals surface area (Å²) in [6.45, 7) is 2.45. The second-order valence-corrected chi connectivity index (χ2v) is 7.04. The second-order valence-electron chi connectivity index (χ2n) is 7.04. The van der Waals surface area contributed by atoms with E-state index in [1.807, 2.05) is 61.5 Å². The number of hydrogen-bond donors (Lipinski definition) is 3. The molecule has 0 aliphatic carbocycles. The SMILES string of the molecule is CCN(C(=N)OCc1nc(N)nc(Nc2ccc(Oc3ccccc3)cc2)n1)c1ccncc1. The molecule has 4 aromatic rings. The zero-order valence-electron chi connectivity index (χ0n) is 18.5. The van der Waals surface area contributed by atoms with Gasteiger partial charge in [0.25, 0.3) is 6.02 Å². The molecule has 34 heavy (non-hydrogen) atoms. The summed E-state index contributed by atoms with van der Waals surface area (Å²) in [6.07, 6.45) is 3.33. The molecule has 0 amide bonds. The smallest absolute Gasteiger partial charge is 0.289 e. The Hall–Kier alpha value is -4.73. The van der Waals surface area contributed by atoms with Crippen molar-refractivity contribution in [2.45, 2.75) is 13.5 Å². The van der Waals surface area contributed by atoms with Crippen molar-refractivity contribution in [1.29, 1.82) is 5.41 Å². The number of nitrogen functional groups attached to an aromatic ring is 1. The number of nitrogens with zero attached hydrogens (tertiary/aromatic N) is 5. The number of amidine groups is 1. The van der Waals surface area contributed by atoms with E-state index in [1.54, 1.807) is 29.4 Å². The third kappa shape index (κ3) is 5.94. The van der Waals surface area contributed by atoms with Crippen LogP contribution in [-0.4, -0.2) is 32.5 Å². The molecule has 10 heteroatoms. The van der Waals surface area contributed by atoms with Gasteiger partial charge in [0.05, 0.1) is 0 Å². The number of nitrogens with two attached hydrogens (primary N) is 1. The maximum atomic E-state index is 8.27. The topological polar surface area (TPSA) is 135 Å². The van der Waals surface area contributed by atoms with Crippen molar-refractivity contribution in [3.8, 4) is 11.5 Å². The molecule has 2 heterocycles. The summed E-state index contributed by atoms with van der Waals surface area (Å²) in [5.74, 6) is 2.09. The average molecular weight is 457 g/mol. The Kier molecular flexibility index (Phi) is 7.09. The number of benzene rings is 2. The maximum absolute atomic E-state index is 8.27. The largest absolute Gasteiger partial charge is 0.457 e. The second kappa shape index (κ2) is 10.7. The van der Waals surface area contributed by atoms with Gasteiger partial charge in [0, 0.05) is 30.3 Å². The van der Waals surface area contributed by atoms with Crippen LogP contribution in [-0.2, 0) is 11.3 Å². The number of rotatable bonds is 8. The lowest BCUT2D eigenvalue weighted by atomic mass is 10.3. The summed E-state index contributed by atoms with van der Waals surface area (Å²) in [6, 6.07) is 20.5. The summed E-state index contributed by atoms with van der Waals surface area (Å²) >= 11 is 0. The molecule has 10 nitrogen and oxygen atoms in total. The van der Waals surface area contributed by atoms with Crippen LogP contribution >= 0.6 is 0 Å². The van der Waals surface area contributed by atoms with Crippen molar-refractivity contribution < 1.29 is 9.47 Å². The molecule has 0 unspecified atom stereocenters. The van der Waals surface area contributed by atoms with Crippen molar-refractivity contribution in [3.05, 3.63) is 84.9 Å². The highest BCUT2D eigenvalue weighted by Crippen LogP contribution is 2.23. The van der Waals surface area contributed by atoms with Crippen LogP contribution in [0, 0.1) is 5.41 Å². The molecule has 0 spiro atoms. The van der Waals surface area contributed by atoms with Crippen LogP contribution in [0.2, 0.25) is 0 Å². The Morgan fingerprint density at radius 1 is 0.941 bits per heavy atom. The van der Waals surface area contributed by atoms with E-state index >= 15 is 0 Å². The first-order valence-corrected chi connectivity index (χ1v) is 10.6. The molecule has 2 aromatic heterocycles. The fraction of sp³-hybridized carbons (Fsp3) is 0.125. The van der Waals surface area contributed by atoms with Crippen LogP contribution in [0.4, 0.5) is 23.3 Å². The van der Waals surface area contributed by atoms with Crippen molar-refractivity contribution in [2.75, 3.05) is 22.5 Å². The van der Waals surface area contributed by atoms with Crippen molar-refractivity contribution >= 4 is 29.3 Å². The van der Waals surface area contributed by atoms with Crippen LogP contribution < -0.4 is 20.7 Å². The molecule has 0 aliphatic heterocycles. The van der Waals surface area contributed by atoms with E-state index in [2.05, 4.69) is 25.3 Å². The highest BCUT2D eigenvalue weighted by molar-refractivity contribution is 5.89. The van der Waals surface area contributed by atoms with E-state index in [4.69, 9.17) is 20.6 Å². The zero-order chi connectivity index (χ0) is 23.8. The highest BCUT2D eigenvalue weighted by Gasteiger charge is 2.13. The third-order valence-corrected chi connectivity index (χ3v) is 4.66. The van der Waals surface area contributed by atoms with Gasteiger partial charge in [0.1, 0.15) is 11.5 Å². The van der Waals surface area contributed by atoms with Crippen LogP contribution in [0.15, 0.2) is 79.1 Å². The zero-order valence-corrected chi connectivity index (χ0v) is 18.5. The Morgan fingerprint density at radius 2 is 1.65 bits per heavy atom.